The van der Waals surface area contributed by atoms with Crippen molar-refractivity contribution in [2.24, 2.45) is 0 Å². The molecule has 5 heteroatoms. The molecule has 2 atom stereocenters. The third-order valence-electron chi connectivity index (χ3n) is 3.35. The predicted octanol–water partition coefficient (Wildman–Crippen LogP) is 3.28. The Morgan fingerprint density at radius 3 is 2.19 bits per heavy atom. The number of hydrogen-bond acceptors (Lipinski definition) is 4. The zero-order valence-corrected chi connectivity index (χ0v) is 13.3. The number of carboxylic acid groups (broad SMARTS) is 1. The summed E-state index contributed by atoms with van der Waals surface area (Å²) in [7, 11) is 0. The number of carbonyl (C=O) groups excluding carboxylic acids is 1. The van der Waals surface area contributed by atoms with Gasteiger partial charge in [0, 0.05) is 0 Å². The number of hydrogen-bond donors (Lipinski definition) is 2. The van der Waals surface area contributed by atoms with Gasteiger partial charge in [0.25, 0.3) is 0 Å². The molecule has 0 aliphatic carbocycles. The van der Waals surface area contributed by atoms with Crippen LogP contribution in [0.15, 0.2) is 0 Å². The van der Waals surface area contributed by atoms with E-state index in [0.29, 0.717) is 12.8 Å². The van der Waals surface area contributed by atoms with E-state index in [1.807, 2.05) is 6.92 Å². The number of unbranched alkanes of at least 4 members (excludes halogenated alkanes) is 4. The number of aliphatic hydroxyl groups excluding tert-OH is 1. The molecule has 0 aliphatic heterocycles. The maximum absolute atomic E-state index is 11.7. The summed E-state index contributed by atoms with van der Waals surface area (Å²) in [5, 5.41) is 18.5. The molecule has 0 saturated heterocycles. The summed E-state index contributed by atoms with van der Waals surface area (Å²) in [4.78, 5) is 22.4. The summed E-state index contributed by atoms with van der Waals surface area (Å²) < 4.78 is 5.14. The molecule has 2 unspecified atom stereocenters. The van der Waals surface area contributed by atoms with E-state index in [4.69, 9.17) is 9.84 Å². The lowest BCUT2D eigenvalue weighted by molar-refractivity contribution is -0.155. The Morgan fingerprint density at radius 2 is 1.62 bits per heavy atom. The molecule has 5 nitrogen and oxygen atoms in total. The van der Waals surface area contributed by atoms with Crippen molar-refractivity contribution >= 4 is 11.9 Å². The Balaban J connectivity index is 3.90. The van der Waals surface area contributed by atoms with Crippen molar-refractivity contribution in [3.05, 3.63) is 0 Å². The highest BCUT2D eigenvalue weighted by Gasteiger charge is 2.19. The van der Waals surface area contributed by atoms with Crippen molar-refractivity contribution in [1.82, 2.24) is 0 Å². The molecule has 0 fully saturated rings. The van der Waals surface area contributed by atoms with Gasteiger partial charge < -0.3 is 14.9 Å². The SMILES string of the molecule is CCCCCCCC(O)CC(=O)OC(CCC)CC(=O)O. The second kappa shape index (κ2) is 12.6. The second-order valence-corrected chi connectivity index (χ2v) is 5.56. The van der Waals surface area contributed by atoms with Crippen LogP contribution in [0.4, 0.5) is 0 Å². The molecule has 0 aromatic heterocycles. The Morgan fingerprint density at radius 1 is 0.952 bits per heavy atom. The van der Waals surface area contributed by atoms with Crippen LogP contribution >= 0.6 is 0 Å². The number of carbonyl (C=O) groups is 2. The van der Waals surface area contributed by atoms with E-state index in [0.717, 1.165) is 25.7 Å². The fourth-order valence-electron chi connectivity index (χ4n) is 2.23. The number of aliphatic hydroxyl groups is 1. The molecule has 124 valence electrons. The van der Waals surface area contributed by atoms with Crippen molar-refractivity contribution < 1.29 is 24.5 Å². The van der Waals surface area contributed by atoms with Crippen molar-refractivity contribution in [3.8, 4) is 0 Å². The van der Waals surface area contributed by atoms with Crippen LogP contribution < -0.4 is 0 Å². The zero-order chi connectivity index (χ0) is 16.1. The minimum atomic E-state index is -0.974. The van der Waals surface area contributed by atoms with E-state index >= 15 is 0 Å². The molecule has 21 heavy (non-hydrogen) atoms. The van der Waals surface area contributed by atoms with E-state index in [1.165, 1.54) is 12.8 Å². The van der Waals surface area contributed by atoms with Crippen LogP contribution in [0.3, 0.4) is 0 Å². The second-order valence-electron chi connectivity index (χ2n) is 5.56. The predicted molar refractivity (Wildman–Crippen MR) is 81.0 cm³/mol. The number of ether oxygens (including phenoxy) is 1. The van der Waals surface area contributed by atoms with Crippen LogP contribution in [0.25, 0.3) is 0 Å². The first-order valence-electron chi connectivity index (χ1n) is 8.08. The molecule has 0 aromatic carbocycles. The first-order valence-corrected chi connectivity index (χ1v) is 8.08. The number of aliphatic carboxylic acids is 1. The highest BCUT2D eigenvalue weighted by molar-refractivity contribution is 5.71. The van der Waals surface area contributed by atoms with Gasteiger partial charge in [0.05, 0.1) is 18.9 Å². The standard InChI is InChI=1S/C16H30O5/c1-3-5-6-7-8-10-13(17)11-16(20)21-14(9-4-2)12-15(18)19/h13-14,17H,3-12H2,1-2H3,(H,18,19). The first kappa shape index (κ1) is 19.9. The molecule has 2 N–H and O–H groups in total. The van der Waals surface area contributed by atoms with Crippen LogP contribution in [0.1, 0.15) is 78.1 Å². The van der Waals surface area contributed by atoms with Gasteiger partial charge in [-0.3, -0.25) is 9.59 Å². The van der Waals surface area contributed by atoms with Crippen molar-refractivity contribution in [2.75, 3.05) is 0 Å². The quantitative estimate of drug-likeness (QED) is 0.403. The van der Waals surface area contributed by atoms with Crippen molar-refractivity contribution in [3.63, 3.8) is 0 Å². The average Bonchev–Trinajstić information content (AvgIpc) is 2.37. The van der Waals surface area contributed by atoms with Gasteiger partial charge in [-0.15, -0.1) is 0 Å². The molecule has 0 aromatic rings. The topological polar surface area (TPSA) is 83.8 Å². The van der Waals surface area contributed by atoms with Crippen LogP contribution in [0, 0.1) is 0 Å². The normalized spacial score (nSPS) is 13.7. The van der Waals surface area contributed by atoms with Gasteiger partial charge in [0.1, 0.15) is 6.10 Å². The molecule has 0 saturated carbocycles. The summed E-state index contributed by atoms with van der Waals surface area (Å²) in [6, 6.07) is 0. The monoisotopic (exact) mass is 302 g/mol. The molecular weight excluding hydrogens is 272 g/mol. The minimum Gasteiger partial charge on any atom is -0.481 e. The van der Waals surface area contributed by atoms with Gasteiger partial charge in [-0.1, -0.05) is 52.4 Å². The van der Waals surface area contributed by atoms with E-state index in [-0.39, 0.29) is 12.8 Å². The summed E-state index contributed by atoms with van der Waals surface area (Å²) in [6.45, 7) is 4.06. The van der Waals surface area contributed by atoms with Crippen molar-refractivity contribution in [2.45, 2.75) is 90.3 Å². The Kier molecular flexibility index (Phi) is 12.0. The van der Waals surface area contributed by atoms with Gasteiger partial charge >= 0.3 is 11.9 Å². The molecule has 0 rings (SSSR count). The van der Waals surface area contributed by atoms with Gasteiger partial charge in [-0.2, -0.15) is 0 Å². The van der Waals surface area contributed by atoms with E-state index < -0.39 is 24.1 Å². The maximum atomic E-state index is 11.7. The van der Waals surface area contributed by atoms with Gasteiger partial charge in [-0.25, -0.2) is 0 Å². The van der Waals surface area contributed by atoms with Crippen LogP contribution in [-0.4, -0.2) is 34.4 Å². The minimum absolute atomic E-state index is 0.0480. The Bertz CT molecular complexity index is 290. The van der Waals surface area contributed by atoms with E-state index in [9.17, 15) is 14.7 Å². The summed E-state index contributed by atoms with van der Waals surface area (Å²) in [6.07, 6.45) is 5.89. The van der Waals surface area contributed by atoms with Gasteiger partial charge in [-0.05, 0) is 12.8 Å². The fraction of sp³-hybridized carbons (Fsp3) is 0.875. The lowest BCUT2D eigenvalue weighted by Gasteiger charge is -2.17. The molecule has 0 bridgehead atoms. The highest BCUT2D eigenvalue weighted by Crippen LogP contribution is 2.12. The molecule has 0 amide bonds. The largest absolute Gasteiger partial charge is 0.481 e. The third-order valence-corrected chi connectivity index (χ3v) is 3.35. The fourth-order valence-corrected chi connectivity index (χ4v) is 2.23. The van der Waals surface area contributed by atoms with Crippen LogP contribution in [0.2, 0.25) is 0 Å². The van der Waals surface area contributed by atoms with E-state index in [1.54, 1.807) is 0 Å². The number of rotatable bonds is 13. The van der Waals surface area contributed by atoms with Gasteiger partial charge in [0.15, 0.2) is 0 Å². The average molecular weight is 302 g/mol. The zero-order valence-electron chi connectivity index (χ0n) is 13.3. The smallest absolute Gasteiger partial charge is 0.308 e. The Hall–Kier alpha value is -1.10. The lowest BCUT2D eigenvalue weighted by atomic mass is 10.1. The molecule has 0 heterocycles. The first-order chi connectivity index (χ1) is 9.99. The summed E-state index contributed by atoms with van der Waals surface area (Å²) in [5.41, 5.74) is 0. The highest BCUT2D eigenvalue weighted by atomic mass is 16.5. The van der Waals surface area contributed by atoms with E-state index in [2.05, 4.69) is 6.92 Å². The lowest BCUT2D eigenvalue weighted by Crippen LogP contribution is -2.24. The maximum Gasteiger partial charge on any atom is 0.308 e. The number of esters is 1. The third kappa shape index (κ3) is 12.4. The molecule has 0 radical (unpaired) electrons. The molecule has 0 aliphatic rings. The van der Waals surface area contributed by atoms with Crippen LogP contribution in [-0.2, 0) is 14.3 Å². The molecular formula is C16H30O5. The summed E-state index contributed by atoms with van der Waals surface area (Å²) in [5.74, 6) is -1.48. The van der Waals surface area contributed by atoms with Crippen molar-refractivity contribution in [1.29, 1.82) is 0 Å². The summed E-state index contributed by atoms with van der Waals surface area (Å²) >= 11 is 0. The number of carboxylic acids is 1. The molecule has 0 spiro atoms. The van der Waals surface area contributed by atoms with Crippen LogP contribution in [0.5, 0.6) is 0 Å². The van der Waals surface area contributed by atoms with Gasteiger partial charge in [0.2, 0.25) is 0 Å². The Labute approximate surface area is 127 Å².